The zero-order valence-corrected chi connectivity index (χ0v) is 19.2. The Balaban J connectivity index is 1.99. The second kappa shape index (κ2) is 9.06. The highest BCUT2D eigenvalue weighted by Gasteiger charge is 2.47. The van der Waals surface area contributed by atoms with Crippen molar-refractivity contribution in [3.05, 3.63) is 98.2 Å². The first-order chi connectivity index (χ1) is 15.7. The SMILES string of the molecule is COc1ccc(Cl)cc1/C(O)=C1\C(=O)C(=O)N(c2ccc(Cl)c(Cl)c2)C1c1ccc(F)cc1. The number of aliphatic hydroxyl groups excluding tert-OH is 1. The van der Waals surface area contributed by atoms with Gasteiger partial charge < -0.3 is 9.84 Å². The van der Waals surface area contributed by atoms with Gasteiger partial charge in [-0.2, -0.15) is 0 Å². The summed E-state index contributed by atoms with van der Waals surface area (Å²) >= 11 is 18.3. The fourth-order valence-electron chi connectivity index (χ4n) is 3.70. The average molecular weight is 507 g/mol. The summed E-state index contributed by atoms with van der Waals surface area (Å²) in [6.45, 7) is 0. The molecule has 1 saturated heterocycles. The molecule has 168 valence electrons. The topological polar surface area (TPSA) is 66.8 Å². The standard InChI is InChI=1S/C24H15Cl3FNO4/c1-33-19-9-4-13(25)10-16(19)22(30)20-21(12-2-5-14(28)6-3-12)29(24(32)23(20)31)15-7-8-17(26)18(27)11-15/h2-11,21,30H,1H3/b22-20+. The predicted molar refractivity (Wildman–Crippen MR) is 126 cm³/mol. The number of benzene rings is 3. The molecule has 0 aliphatic carbocycles. The molecule has 1 aliphatic heterocycles. The molecule has 0 bridgehead atoms. The minimum absolute atomic E-state index is 0.129. The summed E-state index contributed by atoms with van der Waals surface area (Å²) < 4.78 is 18.9. The van der Waals surface area contributed by atoms with Gasteiger partial charge in [0.2, 0.25) is 0 Å². The van der Waals surface area contributed by atoms with E-state index in [1.54, 1.807) is 6.07 Å². The van der Waals surface area contributed by atoms with E-state index in [9.17, 15) is 19.1 Å². The molecule has 3 aromatic rings. The quantitative estimate of drug-likeness (QED) is 0.252. The van der Waals surface area contributed by atoms with Gasteiger partial charge in [0, 0.05) is 10.7 Å². The molecule has 9 heteroatoms. The number of ether oxygens (including phenoxy) is 1. The van der Waals surface area contributed by atoms with Crippen LogP contribution in [0.4, 0.5) is 10.1 Å². The van der Waals surface area contributed by atoms with E-state index in [2.05, 4.69) is 0 Å². The van der Waals surface area contributed by atoms with Gasteiger partial charge >= 0.3 is 0 Å². The Kier molecular flexibility index (Phi) is 6.34. The molecule has 1 unspecified atom stereocenters. The molecule has 1 atom stereocenters. The van der Waals surface area contributed by atoms with Gasteiger partial charge in [0.05, 0.1) is 34.3 Å². The van der Waals surface area contributed by atoms with Crippen LogP contribution in [0, 0.1) is 5.82 Å². The van der Waals surface area contributed by atoms with Crippen molar-refractivity contribution in [2.75, 3.05) is 12.0 Å². The summed E-state index contributed by atoms with van der Waals surface area (Å²) in [6.07, 6.45) is 0. The average Bonchev–Trinajstić information content (AvgIpc) is 3.06. The number of amides is 1. The summed E-state index contributed by atoms with van der Waals surface area (Å²) in [7, 11) is 1.39. The molecule has 33 heavy (non-hydrogen) atoms. The number of hydrogen-bond donors (Lipinski definition) is 1. The molecule has 5 nitrogen and oxygen atoms in total. The van der Waals surface area contributed by atoms with E-state index in [1.165, 1.54) is 66.6 Å². The maximum atomic E-state index is 13.6. The van der Waals surface area contributed by atoms with Crippen molar-refractivity contribution < 1.29 is 23.8 Å². The molecule has 1 N–H and O–H groups in total. The van der Waals surface area contributed by atoms with Crippen LogP contribution in [-0.4, -0.2) is 23.9 Å². The Bertz CT molecular complexity index is 1310. The fraction of sp³-hybridized carbons (Fsp3) is 0.0833. The van der Waals surface area contributed by atoms with Gasteiger partial charge in [-0.1, -0.05) is 46.9 Å². The number of carbonyl (C=O) groups excluding carboxylic acids is 2. The number of halogens is 4. The first-order valence-corrected chi connectivity index (χ1v) is 10.7. The van der Waals surface area contributed by atoms with E-state index in [-0.39, 0.29) is 37.6 Å². The van der Waals surface area contributed by atoms with Gasteiger partial charge in [-0.3, -0.25) is 14.5 Å². The Morgan fingerprint density at radius 2 is 1.67 bits per heavy atom. The monoisotopic (exact) mass is 505 g/mol. The number of hydrogen-bond acceptors (Lipinski definition) is 4. The largest absolute Gasteiger partial charge is 0.507 e. The first kappa shape index (κ1) is 23.1. The molecule has 0 radical (unpaired) electrons. The maximum absolute atomic E-state index is 13.6. The lowest BCUT2D eigenvalue weighted by Crippen LogP contribution is -2.29. The first-order valence-electron chi connectivity index (χ1n) is 9.58. The van der Waals surface area contributed by atoms with Crippen LogP contribution >= 0.6 is 34.8 Å². The van der Waals surface area contributed by atoms with Crippen molar-refractivity contribution in [1.29, 1.82) is 0 Å². The predicted octanol–water partition coefficient (Wildman–Crippen LogP) is 6.42. The second-order valence-electron chi connectivity index (χ2n) is 7.16. The number of anilines is 1. The van der Waals surface area contributed by atoms with E-state index in [0.29, 0.717) is 5.56 Å². The van der Waals surface area contributed by atoms with Gasteiger partial charge in [0.15, 0.2) is 0 Å². The Morgan fingerprint density at radius 3 is 2.30 bits per heavy atom. The maximum Gasteiger partial charge on any atom is 0.300 e. The van der Waals surface area contributed by atoms with Crippen molar-refractivity contribution in [3.63, 3.8) is 0 Å². The van der Waals surface area contributed by atoms with Crippen LogP contribution in [-0.2, 0) is 9.59 Å². The number of methoxy groups -OCH3 is 1. The Morgan fingerprint density at radius 1 is 0.970 bits per heavy atom. The molecule has 0 aromatic heterocycles. The van der Waals surface area contributed by atoms with E-state index in [1.807, 2.05) is 0 Å². The highest BCUT2D eigenvalue weighted by Crippen LogP contribution is 2.44. The summed E-state index contributed by atoms with van der Waals surface area (Å²) in [6, 6.07) is 13.1. The molecular formula is C24H15Cl3FNO4. The zero-order valence-electron chi connectivity index (χ0n) is 17.0. The molecule has 3 aromatic carbocycles. The van der Waals surface area contributed by atoms with Gasteiger partial charge in [-0.15, -0.1) is 0 Å². The number of rotatable bonds is 4. The number of aliphatic hydroxyl groups is 1. The molecule has 0 saturated carbocycles. The van der Waals surface area contributed by atoms with E-state index < -0.39 is 29.3 Å². The second-order valence-corrected chi connectivity index (χ2v) is 8.41. The molecular weight excluding hydrogens is 492 g/mol. The number of nitrogens with zero attached hydrogens (tertiary/aromatic N) is 1. The van der Waals surface area contributed by atoms with Crippen molar-refractivity contribution in [3.8, 4) is 5.75 Å². The zero-order chi connectivity index (χ0) is 23.9. The third-order valence-corrected chi connectivity index (χ3v) is 6.20. The smallest absolute Gasteiger partial charge is 0.300 e. The molecule has 0 spiro atoms. The van der Waals surface area contributed by atoms with Crippen LogP contribution in [0.1, 0.15) is 17.2 Å². The molecule has 4 rings (SSSR count). The van der Waals surface area contributed by atoms with Crippen LogP contribution in [0.5, 0.6) is 5.75 Å². The van der Waals surface area contributed by atoms with Gasteiger partial charge in [-0.05, 0) is 54.1 Å². The number of ketones is 1. The normalized spacial score (nSPS) is 17.5. The lowest BCUT2D eigenvalue weighted by atomic mass is 9.95. The molecule has 1 amide bonds. The van der Waals surface area contributed by atoms with Crippen molar-refractivity contribution >= 4 is 57.9 Å². The van der Waals surface area contributed by atoms with Gasteiger partial charge in [0.1, 0.15) is 17.3 Å². The van der Waals surface area contributed by atoms with Crippen molar-refractivity contribution in [1.82, 2.24) is 0 Å². The lowest BCUT2D eigenvalue weighted by molar-refractivity contribution is -0.132. The molecule has 1 aliphatic rings. The van der Waals surface area contributed by atoms with Crippen LogP contribution in [0.3, 0.4) is 0 Å². The minimum atomic E-state index is -1.08. The van der Waals surface area contributed by atoms with E-state index >= 15 is 0 Å². The van der Waals surface area contributed by atoms with Crippen LogP contribution in [0.25, 0.3) is 5.76 Å². The number of Topliss-reactive ketones (excluding diaryl/α,β-unsaturated/α-hetero) is 1. The minimum Gasteiger partial charge on any atom is -0.507 e. The third kappa shape index (κ3) is 4.17. The van der Waals surface area contributed by atoms with Crippen molar-refractivity contribution in [2.24, 2.45) is 0 Å². The summed E-state index contributed by atoms with van der Waals surface area (Å²) in [4.78, 5) is 27.5. The Hall–Kier alpha value is -3.06. The van der Waals surface area contributed by atoms with E-state index in [4.69, 9.17) is 39.5 Å². The third-order valence-electron chi connectivity index (χ3n) is 5.23. The molecule has 1 fully saturated rings. The summed E-state index contributed by atoms with van der Waals surface area (Å²) in [5.41, 5.74) is 0.588. The highest BCUT2D eigenvalue weighted by molar-refractivity contribution is 6.52. The summed E-state index contributed by atoms with van der Waals surface area (Å²) in [5, 5.41) is 11.9. The van der Waals surface area contributed by atoms with E-state index in [0.717, 1.165) is 0 Å². The van der Waals surface area contributed by atoms with Gasteiger partial charge in [-0.25, -0.2) is 4.39 Å². The van der Waals surface area contributed by atoms with Crippen molar-refractivity contribution in [2.45, 2.75) is 6.04 Å². The molecule has 1 heterocycles. The van der Waals surface area contributed by atoms with Gasteiger partial charge in [0.25, 0.3) is 11.7 Å². The van der Waals surface area contributed by atoms with Crippen LogP contribution in [0.15, 0.2) is 66.2 Å². The Labute approximate surface area is 203 Å². The lowest BCUT2D eigenvalue weighted by Gasteiger charge is -2.26. The number of carbonyl (C=O) groups is 2. The highest BCUT2D eigenvalue weighted by atomic mass is 35.5. The summed E-state index contributed by atoms with van der Waals surface area (Å²) in [5.74, 6) is -2.57. The van der Waals surface area contributed by atoms with Crippen LogP contribution in [0.2, 0.25) is 15.1 Å². The fourth-order valence-corrected chi connectivity index (χ4v) is 4.17. The van der Waals surface area contributed by atoms with Crippen LogP contribution < -0.4 is 9.64 Å².